The number of nitrogens with zero attached hydrogens (tertiary/aromatic N) is 1. The van der Waals surface area contributed by atoms with E-state index < -0.39 is 47.9 Å². The smallest absolute Gasteiger partial charge is 0.326 e. The van der Waals surface area contributed by atoms with Crippen LogP contribution in [-0.4, -0.2) is 71.2 Å². The normalized spacial score (nSPS) is 15.5. The van der Waals surface area contributed by atoms with Crippen molar-refractivity contribution in [3.63, 3.8) is 0 Å². The fourth-order valence-electron chi connectivity index (χ4n) is 2.84. The SMILES string of the molecule is CCC(C)C(NC(=O)C(CS)NC(=O)C(NC(=O)C(N)CCCN=C(N)N)C(C)C)C(=O)O. The quantitative estimate of drug-likeness (QED) is 0.0587. The average molecular weight is 490 g/mol. The first-order chi connectivity index (χ1) is 15.3. The number of nitrogens with two attached hydrogens (primary N) is 3. The molecule has 13 heteroatoms. The van der Waals surface area contributed by atoms with Crippen LogP contribution in [0.2, 0.25) is 0 Å². The Morgan fingerprint density at radius 3 is 2.00 bits per heavy atom. The van der Waals surface area contributed by atoms with Gasteiger partial charge in [0, 0.05) is 12.3 Å². The summed E-state index contributed by atoms with van der Waals surface area (Å²) in [4.78, 5) is 53.2. The highest BCUT2D eigenvalue weighted by Crippen LogP contribution is 2.09. The number of guanidine groups is 1. The van der Waals surface area contributed by atoms with Crippen LogP contribution in [0.1, 0.15) is 47.0 Å². The van der Waals surface area contributed by atoms with E-state index >= 15 is 0 Å². The molecule has 0 bridgehead atoms. The molecule has 0 saturated carbocycles. The lowest BCUT2D eigenvalue weighted by Gasteiger charge is -2.27. The third-order valence-corrected chi connectivity index (χ3v) is 5.51. The number of hydrogen-bond acceptors (Lipinski definition) is 7. The first-order valence-corrected chi connectivity index (χ1v) is 11.5. The number of aliphatic carboxylic acids is 1. The maximum absolute atomic E-state index is 12.8. The number of thiol groups is 1. The number of carbonyl (C=O) groups excluding carboxylic acids is 3. The van der Waals surface area contributed by atoms with Gasteiger partial charge < -0.3 is 38.3 Å². The van der Waals surface area contributed by atoms with Gasteiger partial charge in [-0.1, -0.05) is 34.1 Å². The number of nitrogens with one attached hydrogen (secondary N) is 3. The maximum Gasteiger partial charge on any atom is 0.326 e. The largest absolute Gasteiger partial charge is 0.480 e. The standard InChI is InChI=1S/C20H39N7O5S/c1-5-11(4)15(19(31)32)27-17(29)13(9-33)25-18(30)14(10(2)3)26-16(28)12(21)7-6-8-24-20(22)23/h10-15,33H,5-9,21H2,1-4H3,(H,25,30)(H,26,28)(H,27,29)(H,31,32)(H4,22,23,24). The molecule has 0 aliphatic rings. The summed E-state index contributed by atoms with van der Waals surface area (Å²) in [6, 6.07) is -4.01. The summed E-state index contributed by atoms with van der Waals surface area (Å²) in [5, 5.41) is 17.0. The Bertz CT molecular complexity index is 700. The molecule has 10 N–H and O–H groups in total. The number of hydrogen-bond donors (Lipinski definition) is 8. The fraction of sp³-hybridized carbons (Fsp3) is 0.750. The number of rotatable bonds is 15. The fourth-order valence-corrected chi connectivity index (χ4v) is 3.10. The van der Waals surface area contributed by atoms with E-state index in [0.29, 0.717) is 25.8 Å². The molecule has 5 unspecified atom stereocenters. The van der Waals surface area contributed by atoms with E-state index in [-0.39, 0.29) is 23.5 Å². The summed E-state index contributed by atoms with van der Waals surface area (Å²) in [6.45, 7) is 7.30. The van der Waals surface area contributed by atoms with Crippen molar-refractivity contribution in [2.75, 3.05) is 12.3 Å². The Labute approximate surface area is 200 Å². The van der Waals surface area contributed by atoms with E-state index in [1.165, 1.54) is 0 Å². The molecule has 5 atom stereocenters. The van der Waals surface area contributed by atoms with Crippen LogP contribution in [0, 0.1) is 11.8 Å². The Morgan fingerprint density at radius 1 is 0.970 bits per heavy atom. The minimum atomic E-state index is -1.16. The zero-order valence-corrected chi connectivity index (χ0v) is 20.6. The van der Waals surface area contributed by atoms with E-state index in [0.717, 1.165) is 0 Å². The minimum Gasteiger partial charge on any atom is -0.480 e. The van der Waals surface area contributed by atoms with Crippen LogP contribution in [0.4, 0.5) is 0 Å². The van der Waals surface area contributed by atoms with E-state index in [1.54, 1.807) is 20.8 Å². The summed E-state index contributed by atoms with van der Waals surface area (Å²) >= 11 is 4.10. The van der Waals surface area contributed by atoms with Crippen LogP contribution in [0.3, 0.4) is 0 Å². The second kappa shape index (κ2) is 15.3. The highest BCUT2D eigenvalue weighted by atomic mass is 32.1. The van der Waals surface area contributed by atoms with Crippen molar-refractivity contribution in [3.05, 3.63) is 0 Å². The lowest BCUT2D eigenvalue weighted by atomic mass is 9.99. The maximum atomic E-state index is 12.8. The van der Waals surface area contributed by atoms with E-state index in [4.69, 9.17) is 17.2 Å². The second-order valence-electron chi connectivity index (χ2n) is 8.24. The minimum absolute atomic E-state index is 0.0498. The van der Waals surface area contributed by atoms with Gasteiger partial charge in [0.25, 0.3) is 0 Å². The van der Waals surface area contributed by atoms with Crippen LogP contribution in [0.5, 0.6) is 0 Å². The van der Waals surface area contributed by atoms with Crippen LogP contribution in [0.15, 0.2) is 4.99 Å². The topological polar surface area (TPSA) is 215 Å². The van der Waals surface area contributed by atoms with Crippen molar-refractivity contribution in [2.45, 2.75) is 71.1 Å². The van der Waals surface area contributed by atoms with Crippen LogP contribution >= 0.6 is 12.6 Å². The molecule has 0 rings (SSSR count). The molecule has 0 radical (unpaired) electrons. The molecule has 190 valence electrons. The van der Waals surface area contributed by atoms with Crippen LogP contribution in [-0.2, 0) is 19.2 Å². The van der Waals surface area contributed by atoms with E-state index in [2.05, 4.69) is 33.6 Å². The Balaban J connectivity index is 5.10. The first-order valence-electron chi connectivity index (χ1n) is 10.9. The average Bonchev–Trinajstić information content (AvgIpc) is 2.74. The molecule has 0 heterocycles. The van der Waals surface area contributed by atoms with Gasteiger partial charge >= 0.3 is 5.97 Å². The second-order valence-corrected chi connectivity index (χ2v) is 8.60. The summed E-state index contributed by atoms with van der Waals surface area (Å²) < 4.78 is 0. The molecule has 3 amide bonds. The molecule has 33 heavy (non-hydrogen) atoms. The van der Waals surface area contributed by atoms with Crippen molar-refractivity contribution in [3.8, 4) is 0 Å². The molecule has 12 nitrogen and oxygen atoms in total. The monoisotopic (exact) mass is 489 g/mol. The number of amides is 3. The van der Waals surface area contributed by atoms with Gasteiger partial charge in [0.1, 0.15) is 18.1 Å². The van der Waals surface area contributed by atoms with Crippen molar-refractivity contribution < 1.29 is 24.3 Å². The third kappa shape index (κ3) is 11.2. The van der Waals surface area contributed by atoms with Gasteiger partial charge in [0.2, 0.25) is 17.7 Å². The number of carboxylic acids is 1. The lowest BCUT2D eigenvalue weighted by molar-refractivity contribution is -0.143. The zero-order chi connectivity index (χ0) is 25.7. The third-order valence-electron chi connectivity index (χ3n) is 5.14. The molecule has 0 spiro atoms. The summed E-state index contributed by atoms with van der Waals surface area (Å²) in [5.41, 5.74) is 16.4. The van der Waals surface area contributed by atoms with Gasteiger partial charge in [0.15, 0.2) is 5.96 Å². The number of aliphatic imine (C=N–C) groups is 1. The van der Waals surface area contributed by atoms with Crippen molar-refractivity contribution in [2.24, 2.45) is 34.0 Å². The Kier molecular flexibility index (Phi) is 14.1. The molecule has 0 aromatic carbocycles. The zero-order valence-electron chi connectivity index (χ0n) is 19.7. The number of carboxylic acid groups (broad SMARTS) is 1. The van der Waals surface area contributed by atoms with E-state index in [1.807, 2.05) is 6.92 Å². The van der Waals surface area contributed by atoms with Crippen LogP contribution < -0.4 is 33.2 Å². The molecule has 0 fully saturated rings. The molecule has 0 aromatic rings. The molecular formula is C20H39N7O5S. The predicted octanol–water partition coefficient (Wildman–Crippen LogP) is -1.46. The Morgan fingerprint density at radius 2 is 1.55 bits per heavy atom. The van der Waals surface area contributed by atoms with Crippen molar-refractivity contribution in [1.82, 2.24) is 16.0 Å². The molecular weight excluding hydrogens is 450 g/mol. The summed E-state index contributed by atoms with van der Waals surface area (Å²) in [6.07, 6.45) is 1.33. The van der Waals surface area contributed by atoms with E-state index in [9.17, 15) is 24.3 Å². The predicted molar refractivity (Wildman–Crippen MR) is 129 cm³/mol. The van der Waals surface area contributed by atoms with Gasteiger partial charge in [0.05, 0.1) is 6.04 Å². The summed E-state index contributed by atoms with van der Waals surface area (Å²) in [5.74, 6) is -3.69. The molecule has 0 saturated heterocycles. The van der Waals surface area contributed by atoms with Gasteiger partial charge in [-0.2, -0.15) is 12.6 Å². The van der Waals surface area contributed by atoms with Gasteiger partial charge in [-0.05, 0) is 24.7 Å². The highest BCUT2D eigenvalue weighted by molar-refractivity contribution is 7.80. The summed E-state index contributed by atoms with van der Waals surface area (Å²) in [7, 11) is 0. The molecule has 0 aromatic heterocycles. The van der Waals surface area contributed by atoms with Crippen LogP contribution in [0.25, 0.3) is 0 Å². The van der Waals surface area contributed by atoms with Gasteiger partial charge in [-0.3, -0.25) is 19.4 Å². The highest BCUT2D eigenvalue weighted by Gasteiger charge is 2.32. The molecule has 0 aliphatic heterocycles. The number of carbonyl (C=O) groups is 4. The first kappa shape index (κ1) is 30.5. The molecule has 0 aliphatic carbocycles. The lowest BCUT2D eigenvalue weighted by Crippen LogP contribution is -2.59. The van der Waals surface area contributed by atoms with Crippen molar-refractivity contribution in [1.29, 1.82) is 0 Å². The van der Waals surface area contributed by atoms with Crippen molar-refractivity contribution >= 4 is 42.3 Å². The van der Waals surface area contributed by atoms with Gasteiger partial charge in [-0.15, -0.1) is 0 Å². The van der Waals surface area contributed by atoms with Gasteiger partial charge in [-0.25, -0.2) is 4.79 Å². The Hall–Kier alpha value is -2.54.